The number of benzene rings is 1. The molecule has 0 spiro atoms. The maximum atomic E-state index is 13.4. The molecule has 1 aromatic rings. The van der Waals surface area contributed by atoms with Gasteiger partial charge in [-0.3, -0.25) is 14.4 Å². The maximum absolute atomic E-state index is 13.4. The molecule has 5 aliphatic rings. The zero-order valence-electron chi connectivity index (χ0n) is 34.2. The third-order valence-corrected chi connectivity index (χ3v) is 16.6. The van der Waals surface area contributed by atoms with E-state index in [1.54, 1.807) is 25.0 Å². The van der Waals surface area contributed by atoms with Crippen LogP contribution in [0, 0.1) is 56.2 Å². The summed E-state index contributed by atoms with van der Waals surface area (Å²) in [6.07, 6.45) is 14.8. The Labute approximate surface area is 324 Å². The molecule has 7 heteroatoms. The lowest BCUT2D eigenvalue weighted by molar-refractivity contribution is -0.232. The molecule has 4 saturated carbocycles. The molecule has 292 valence electrons. The summed E-state index contributed by atoms with van der Waals surface area (Å²) >= 11 is 6.25. The lowest BCUT2D eigenvalue weighted by Crippen LogP contribution is -2.65. The molecule has 2 unspecified atom stereocenters. The van der Waals surface area contributed by atoms with Crippen LogP contribution in [0.25, 0.3) is 0 Å². The number of carboxylic acid groups (broad SMARTS) is 1. The summed E-state index contributed by atoms with van der Waals surface area (Å²) in [5.74, 6) is 0.554. The van der Waals surface area contributed by atoms with E-state index < -0.39 is 17.4 Å². The Kier molecular flexibility index (Phi) is 10.5. The number of rotatable bonds is 9. The van der Waals surface area contributed by atoms with Crippen LogP contribution in [0.4, 0.5) is 0 Å². The number of hydrogen-bond donors (Lipinski definition) is 2. The molecule has 6 rings (SSSR count). The number of carbonyl (C=O) groups is 3. The first-order valence-electron chi connectivity index (χ1n) is 20.5. The quantitative estimate of drug-likeness (QED) is 0.149. The summed E-state index contributed by atoms with van der Waals surface area (Å²) in [7, 11) is 0. The molecule has 1 amide bonds. The molecule has 0 bridgehead atoms. The molecule has 0 radical (unpaired) electrons. The van der Waals surface area contributed by atoms with Gasteiger partial charge in [-0.15, -0.1) is 0 Å². The minimum atomic E-state index is -1.15. The molecule has 0 heterocycles. The van der Waals surface area contributed by atoms with Gasteiger partial charge in [0.15, 0.2) is 0 Å². The number of esters is 1. The number of hydrogen-bond acceptors (Lipinski definition) is 4. The fraction of sp³-hybridized carbons (Fsp3) is 0.717. The second-order valence-corrected chi connectivity index (χ2v) is 20.6. The SMILES string of the molecule is CC(C)C1=C2C3CC[C@@H]4[C@@]5(C)CC[C@H](OC(=O)CC(C)(C)C(=O)O)C(C)(C)[C@@H]5CC[C@@]4(C)[C@]3(C)CCC2(/C=C/C(=O)N[C@@H](C)c2cccc(Cl)c2)CC1. The van der Waals surface area contributed by atoms with Gasteiger partial charge < -0.3 is 15.2 Å². The molecular formula is C46H66ClNO5. The van der Waals surface area contributed by atoms with Crippen molar-refractivity contribution in [1.82, 2.24) is 5.32 Å². The Hall–Kier alpha value is -2.60. The highest BCUT2D eigenvalue weighted by molar-refractivity contribution is 6.30. The molecule has 0 aromatic heterocycles. The summed E-state index contributed by atoms with van der Waals surface area (Å²) in [4.78, 5) is 38.3. The lowest BCUT2D eigenvalue weighted by Gasteiger charge is -2.72. The first kappa shape index (κ1) is 40.1. The molecule has 9 atom stereocenters. The van der Waals surface area contributed by atoms with Crippen LogP contribution >= 0.6 is 11.6 Å². The highest BCUT2D eigenvalue weighted by atomic mass is 35.5. The monoisotopic (exact) mass is 747 g/mol. The summed E-state index contributed by atoms with van der Waals surface area (Å²) in [6.45, 7) is 22.4. The fourth-order valence-electron chi connectivity index (χ4n) is 13.2. The zero-order valence-corrected chi connectivity index (χ0v) is 34.9. The molecule has 1 aromatic carbocycles. The highest BCUT2D eigenvalue weighted by Gasteiger charge is 2.69. The summed E-state index contributed by atoms with van der Waals surface area (Å²) in [5.41, 5.74) is 3.34. The summed E-state index contributed by atoms with van der Waals surface area (Å²) in [6, 6.07) is 7.57. The van der Waals surface area contributed by atoms with E-state index in [1.807, 2.05) is 37.3 Å². The van der Waals surface area contributed by atoms with E-state index in [-0.39, 0.29) is 51.5 Å². The van der Waals surface area contributed by atoms with E-state index in [1.165, 1.54) is 12.8 Å². The predicted molar refractivity (Wildman–Crippen MR) is 212 cm³/mol. The van der Waals surface area contributed by atoms with E-state index in [0.29, 0.717) is 28.7 Å². The normalized spacial score (nSPS) is 37.0. The average Bonchev–Trinajstić information content (AvgIpc) is 3.45. The summed E-state index contributed by atoms with van der Waals surface area (Å²) < 4.78 is 6.19. The van der Waals surface area contributed by atoms with Crippen molar-refractivity contribution in [2.75, 3.05) is 0 Å². The molecule has 6 nitrogen and oxygen atoms in total. The van der Waals surface area contributed by atoms with E-state index in [0.717, 1.165) is 56.9 Å². The van der Waals surface area contributed by atoms with Crippen molar-refractivity contribution in [3.8, 4) is 0 Å². The van der Waals surface area contributed by atoms with E-state index in [2.05, 4.69) is 59.9 Å². The highest BCUT2D eigenvalue weighted by Crippen LogP contribution is 2.77. The Morgan fingerprint density at radius 2 is 1.66 bits per heavy atom. The minimum absolute atomic E-state index is 0.0473. The predicted octanol–water partition coefficient (Wildman–Crippen LogP) is 11.3. The van der Waals surface area contributed by atoms with Crippen LogP contribution in [0.2, 0.25) is 5.02 Å². The number of carboxylic acids is 1. The van der Waals surface area contributed by atoms with Gasteiger partial charge in [-0.2, -0.15) is 0 Å². The molecule has 0 saturated heterocycles. The second-order valence-electron chi connectivity index (χ2n) is 20.2. The molecule has 4 fully saturated rings. The molecular weight excluding hydrogens is 682 g/mol. The van der Waals surface area contributed by atoms with Crippen molar-refractivity contribution in [3.05, 3.63) is 58.1 Å². The molecule has 53 heavy (non-hydrogen) atoms. The van der Waals surface area contributed by atoms with E-state index >= 15 is 0 Å². The van der Waals surface area contributed by atoms with Gasteiger partial charge >= 0.3 is 11.9 Å². The smallest absolute Gasteiger partial charge is 0.309 e. The largest absolute Gasteiger partial charge is 0.481 e. The van der Waals surface area contributed by atoms with Crippen molar-refractivity contribution >= 4 is 29.4 Å². The van der Waals surface area contributed by atoms with Crippen molar-refractivity contribution < 1.29 is 24.2 Å². The first-order chi connectivity index (χ1) is 24.6. The topological polar surface area (TPSA) is 92.7 Å². The van der Waals surface area contributed by atoms with E-state index in [9.17, 15) is 19.5 Å². The number of fused-ring (bicyclic) bond motifs is 7. The fourth-order valence-corrected chi connectivity index (χ4v) is 13.4. The number of amides is 1. The van der Waals surface area contributed by atoms with Gasteiger partial charge in [-0.1, -0.05) is 89.4 Å². The van der Waals surface area contributed by atoms with Crippen LogP contribution < -0.4 is 5.32 Å². The van der Waals surface area contributed by atoms with Crippen LogP contribution in [0.1, 0.15) is 151 Å². The van der Waals surface area contributed by atoms with Crippen LogP contribution in [0.15, 0.2) is 47.6 Å². The molecule has 2 N–H and O–H groups in total. The number of nitrogens with one attached hydrogen (secondary N) is 1. The third kappa shape index (κ3) is 6.63. The second kappa shape index (κ2) is 13.9. The van der Waals surface area contributed by atoms with Gasteiger partial charge in [-0.05, 0) is 149 Å². The van der Waals surface area contributed by atoms with Gasteiger partial charge in [0.1, 0.15) is 6.10 Å². The van der Waals surface area contributed by atoms with Gasteiger partial charge in [0, 0.05) is 15.9 Å². The average molecular weight is 748 g/mol. The van der Waals surface area contributed by atoms with Gasteiger partial charge in [-0.25, -0.2) is 0 Å². The summed E-state index contributed by atoms with van der Waals surface area (Å²) in [5, 5.41) is 13.5. The third-order valence-electron chi connectivity index (χ3n) is 16.4. The Balaban J connectivity index is 1.24. The number of ether oxygens (including phenoxy) is 1. The maximum Gasteiger partial charge on any atom is 0.309 e. The molecule has 0 aliphatic heterocycles. The van der Waals surface area contributed by atoms with Crippen LogP contribution in [0.5, 0.6) is 0 Å². The standard InChI is InChI=1S/C46H66ClNO5/c1-28(2)32-16-22-46(23-19-37(49)48-29(3)30-12-11-13-31(47)26-30)25-24-44(9)33(39(32)46)14-15-35-43(8)20-18-36(53-38(50)27-41(4,5)40(51)52)42(6,7)34(43)17-21-45(35,44)10/h11-13,19,23,26,28-29,33-36H,14-18,20-22,24-25,27H2,1-10H3,(H,48,49)(H,51,52)/b23-19+/t29-,33?,34-,35+,36-,43-,44+,45+,46?/m0/s1. The minimum Gasteiger partial charge on any atom is -0.481 e. The molecule has 5 aliphatic carbocycles. The van der Waals surface area contributed by atoms with Crippen molar-refractivity contribution in [2.24, 2.45) is 56.2 Å². The van der Waals surface area contributed by atoms with Crippen molar-refractivity contribution in [3.63, 3.8) is 0 Å². The van der Waals surface area contributed by atoms with Gasteiger partial charge in [0.05, 0.1) is 17.9 Å². The lowest BCUT2D eigenvalue weighted by atomic mass is 9.33. The van der Waals surface area contributed by atoms with Crippen LogP contribution in [-0.4, -0.2) is 29.1 Å². The number of halogens is 1. The number of carbonyl (C=O) groups excluding carboxylic acids is 2. The van der Waals surface area contributed by atoms with Crippen molar-refractivity contribution in [2.45, 2.75) is 152 Å². The first-order valence-corrected chi connectivity index (χ1v) is 20.9. The zero-order chi connectivity index (χ0) is 38.9. The van der Waals surface area contributed by atoms with Crippen molar-refractivity contribution in [1.29, 1.82) is 0 Å². The van der Waals surface area contributed by atoms with E-state index in [4.69, 9.17) is 16.3 Å². The number of allylic oxidation sites excluding steroid dienone is 3. The van der Waals surface area contributed by atoms with Gasteiger partial charge in [0.2, 0.25) is 5.91 Å². The van der Waals surface area contributed by atoms with Crippen LogP contribution in [0.3, 0.4) is 0 Å². The van der Waals surface area contributed by atoms with Crippen LogP contribution in [-0.2, 0) is 19.1 Å². The number of aliphatic carboxylic acids is 1. The van der Waals surface area contributed by atoms with Gasteiger partial charge in [0.25, 0.3) is 0 Å². The Morgan fingerprint density at radius 3 is 2.32 bits per heavy atom. The Bertz CT molecular complexity index is 1690. The Morgan fingerprint density at radius 1 is 0.943 bits per heavy atom.